The molecule has 0 bridgehead atoms. The second kappa shape index (κ2) is 10.0. The summed E-state index contributed by atoms with van der Waals surface area (Å²) in [6.07, 6.45) is -0.690. The molecule has 0 radical (unpaired) electrons. The second-order valence-corrected chi connectivity index (χ2v) is 10.3. The number of benzene rings is 3. The number of nitrogens with one attached hydrogen (secondary N) is 2. The zero-order valence-corrected chi connectivity index (χ0v) is 20.7. The Morgan fingerprint density at radius 2 is 1.74 bits per heavy atom. The summed E-state index contributed by atoms with van der Waals surface area (Å²) in [4.78, 5) is 55.2. The number of aromatic nitrogens is 2. The van der Waals surface area contributed by atoms with Crippen molar-refractivity contribution in [1.82, 2.24) is 9.97 Å². The van der Waals surface area contributed by atoms with Crippen LogP contribution in [0.1, 0.15) is 22.6 Å². The fourth-order valence-electron chi connectivity index (χ4n) is 4.07. The maximum Gasteiger partial charge on any atom is 0.320 e. The van der Waals surface area contributed by atoms with E-state index in [0.717, 1.165) is 0 Å². The summed E-state index contributed by atoms with van der Waals surface area (Å²) in [6.45, 7) is 1.62. The molecule has 0 spiro atoms. The average Bonchev–Trinajstić information content (AvgIpc) is 2.85. The molecular weight excluding hydrogens is 516 g/mol. The van der Waals surface area contributed by atoms with Crippen molar-refractivity contribution in [3.63, 3.8) is 0 Å². The van der Waals surface area contributed by atoms with Gasteiger partial charge in [-0.1, -0.05) is 24.3 Å². The molecule has 4 aromatic rings. The van der Waals surface area contributed by atoms with Gasteiger partial charge < -0.3 is 20.9 Å². The highest BCUT2D eigenvalue weighted by Crippen LogP contribution is 2.28. The van der Waals surface area contributed by atoms with E-state index in [1.807, 2.05) is 0 Å². The van der Waals surface area contributed by atoms with E-state index in [1.165, 1.54) is 42.5 Å². The molecule has 1 heterocycles. The van der Waals surface area contributed by atoms with Gasteiger partial charge in [0, 0.05) is 5.56 Å². The Morgan fingerprint density at radius 3 is 2.42 bits per heavy atom. The van der Waals surface area contributed by atoms with Crippen LogP contribution in [0.5, 0.6) is 0 Å². The summed E-state index contributed by atoms with van der Waals surface area (Å²) in [7, 11) is -4.33. The third-order valence-corrected chi connectivity index (χ3v) is 7.31. The molecule has 0 aliphatic heterocycles. The number of nitrogens with zero attached hydrogens (tertiary/aromatic N) is 1. The van der Waals surface area contributed by atoms with E-state index in [1.54, 1.807) is 19.1 Å². The van der Waals surface area contributed by atoms with E-state index in [9.17, 15) is 32.7 Å². The Hall–Kier alpha value is -4.62. The van der Waals surface area contributed by atoms with E-state index in [-0.39, 0.29) is 21.5 Å². The maximum atomic E-state index is 13.3. The zero-order chi connectivity index (χ0) is 27.8. The van der Waals surface area contributed by atoms with Gasteiger partial charge in [0.15, 0.2) is 5.78 Å². The van der Waals surface area contributed by atoms with Crippen LogP contribution >= 0.6 is 0 Å². The molecule has 0 saturated carbocycles. The van der Waals surface area contributed by atoms with Crippen LogP contribution < -0.4 is 16.0 Å². The summed E-state index contributed by atoms with van der Waals surface area (Å²) in [5.74, 6) is -5.50. The van der Waals surface area contributed by atoms with Crippen LogP contribution in [-0.4, -0.2) is 52.4 Å². The van der Waals surface area contributed by atoms with Crippen LogP contribution in [-0.2, 0) is 19.6 Å². The number of Topliss-reactive ketones (excluding diaryl/α,β-unsaturated/α-hetero) is 1. The Morgan fingerprint density at radius 1 is 1.05 bits per heavy atom. The van der Waals surface area contributed by atoms with E-state index in [0.29, 0.717) is 22.1 Å². The van der Waals surface area contributed by atoms with Crippen molar-refractivity contribution in [1.29, 1.82) is 0 Å². The quantitative estimate of drug-likeness (QED) is 0.119. The van der Waals surface area contributed by atoms with Crippen molar-refractivity contribution < 1.29 is 33.0 Å². The molecule has 0 fully saturated rings. The topological polar surface area (TPSA) is 210 Å². The van der Waals surface area contributed by atoms with Gasteiger partial charge in [-0.15, -0.1) is 0 Å². The number of carboxylic acids is 2. The number of carboxylic acid groups (broad SMARTS) is 2. The predicted molar refractivity (Wildman–Crippen MR) is 138 cm³/mol. The number of sulfonamides is 1. The van der Waals surface area contributed by atoms with E-state index in [4.69, 9.17) is 10.8 Å². The van der Waals surface area contributed by atoms with Crippen LogP contribution in [0.4, 0.5) is 5.69 Å². The molecule has 3 aromatic carbocycles. The molecule has 1 unspecified atom stereocenters. The highest BCUT2D eigenvalue weighted by Gasteiger charge is 2.33. The molecule has 12 nitrogen and oxygen atoms in total. The second-order valence-electron chi connectivity index (χ2n) is 8.58. The van der Waals surface area contributed by atoms with Gasteiger partial charge >= 0.3 is 11.9 Å². The van der Waals surface area contributed by atoms with Crippen molar-refractivity contribution in [2.45, 2.75) is 24.3 Å². The van der Waals surface area contributed by atoms with Crippen molar-refractivity contribution in [3.8, 4) is 0 Å². The Kier molecular flexibility index (Phi) is 6.98. The average molecular weight is 539 g/mol. The van der Waals surface area contributed by atoms with Crippen LogP contribution in [0.2, 0.25) is 0 Å². The van der Waals surface area contributed by atoms with Crippen molar-refractivity contribution >= 4 is 55.1 Å². The lowest BCUT2D eigenvalue weighted by atomic mass is 9.91. The number of rotatable bonds is 9. The van der Waals surface area contributed by atoms with Gasteiger partial charge in [0.1, 0.15) is 17.8 Å². The highest BCUT2D eigenvalue weighted by molar-refractivity contribution is 7.92. The molecule has 4 rings (SSSR count). The third-order valence-electron chi connectivity index (χ3n) is 5.95. The first-order chi connectivity index (χ1) is 17.9. The van der Waals surface area contributed by atoms with Gasteiger partial charge in [0.25, 0.3) is 15.6 Å². The number of hydrogen-bond donors (Lipinski definition) is 5. The number of H-pyrrole nitrogens is 1. The fraction of sp³-hybridized carbons (Fsp3) is 0.160. The number of aryl methyl sites for hydroxylation is 1. The molecule has 0 amide bonds. The largest absolute Gasteiger partial charge is 0.481 e. The molecule has 196 valence electrons. The SMILES string of the molecule is Cc1nc2ccc3ccc(S(=O)(=O)Nc4ccccc4C(=O)C(C[C@H](N)C(=O)O)C(=O)O)cc3c2c(=O)[nH]1. The lowest BCUT2D eigenvalue weighted by molar-refractivity contribution is -0.142. The first-order valence-corrected chi connectivity index (χ1v) is 12.7. The fourth-order valence-corrected chi connectivity index (χ4v) is 5.18. The predicted octanol–water partition coefficient (Wildman–Crippen LogP) is 1.87. The van der Waals surface area contributed by atoms with Gasteiger partial charge in [0.05, 0.1) is 21.5 Å². The molecule has 6 N–H and O–H groups in total. The first-order valence-electron chi connectivity index (χ1n) is 11.2. The number of para-hydroxylation sites is 1. The number of carbonyl (C=O) groups is 3. The van der Waals surface area contributed by atoms with E-state index < -0.39 is 51.7 Å². The molecule has 0 aliphatic carbocycles. The molecule has 1 aromatic heterocycles. The third kappa shape index (κ3) is 5.10. The number of hydrogen-bond acceptors (Lipinski definition) is 8. The normalized spacial score (nSPS) is 13.2. The van der Waals surface area contributed by atoms with Crippen molar-refractivity contribution in [3.05, 3.63) is 76.3 Å². The minimum absolute atomic E-state index is 0.208. The minimum Gasteiger partial charge on any atom is -0.481 e. The molecule has 0 saturated heterocycles. The zero-order valence-electron chi connectivity index (χ0n) is 19.8. The lowest BCUT2D eigenvalue weighted by Crippen LogP contribution is -2.37. The van der Waals surface area contributed by atoms with Crippen LogP contribution in [0.25, 0.3) is 21.7 Å². The number of ketones is 1. The monoisotopic (exact) mass is 538 g/mol. The van der Waals surface area contributed by atoms with Gasteiger partial charge in [-0.3, -0.25) is 23.9 Å². The number of nitrogens with two attached hydrogens (primary N) is 1. The number of aliphatic carboxylic acids is 2. The van der Waals surface area contributed by atoms with Crippen molar-refractivity contribution in [2.75, 3.05) is 4.72 Å². The molecular formula is C25H22N4O8S. The van der Waals surface area contributed by atoms with Gasteiger partial charge in [-0.05, 0) is 54.4 Å². The molecule has 0 aliphatic rings. The smallest absolute Gasteiger partial charge is 0.320 e. The Labute approximate surface area is 215 Å². The van der Waals surface area contributed by atoms with Crippen LogP contribution in [0.3, 0.4) is 0 Å². The number of anilines is 1. The van der Waals surface area contributed by atoms with Gasteiger partial charge in [-0.2, -0.15) is 0 Å². The summed E-state index contributed by atoms with van der Waals surface area (Å²) in [5, 5.41) is 19.7. The lowest BCUT2D eigenvalue weighted by Gasteiger charge is -2.17. The highest BCUT2D eigenvalue weighted by atomic mass is 32.2. The minimum atomic E-state index is -4.33. The maximum absolute atomic E-state index is 13.3. The standard InChI is InChI=1S/C25H22N4O8S/c1-12-27-20-9-7-13-6-8-14(10-16(13)21(20)23(31)28-12)38(36,37)29-19-5-3-2-4-15(19)22(30)17(24(32)33)11-18(26)25(34)35/h2-10,17-18,29H,11,26H2,1H3,(H,32,33)(H,34,35)(H,27,28,31)/t17?,18-/m0/s1. The molecule has 2 atom stereocenters. The van der Waals surface area contributed by atoms with E-state index in [2.05, 4.69) is 14.7 Å². The number of aromatic amines is 1. The summed E-state index contributed by atoms with van der Waals surface area (Å²) >= 11 is 0. The van der Waals surface area contributed by atoms with Crippen molar-refractivity contribution in [2.24, 2.45) is 11.7 Å². The number of carbonyl (C=O) groups excluding carboxylic acids is 1. The van der Waals surface area contributed by atoms with Gasteiger partial charge in [-0.25, -0.2) is 13.4 Å². The number of fused-ring (bicyclic) bond motifs is 3. The van der Waals surface area contributed by atoms with Crippen LogP contribution in [0.15, 0.2) is 64.3 Å². The molecule has 38 heavy (non-hydrogen) atoms. The summed E-state index contributed by atoms with van der Waals surface area (Å²) < 4.78 is 29.0. The van der Waals surface area contributed by atoms with E-state index >= 15 is 0 Å². The summed E-state index contributed by atoms with van der Waals surface area (Å²) in [6, 6.07) is 11.2. The first kappa shape index (κ1) is 26.4. The van der Waals surface area contributed by atoms with Crippen LogP contribution in [0, 0.1) is 12.8 Å². The van der Waals surface area contributed by atoms with Gasteiger partial charge in [0.2, 0.25) is 0 Å². The Balaban J connectivity index is 1.75. The summed E-state index contributed by atoms with van der Waals surface area (Å²) in [5.41, 5.74) is 4.90. The molecule has 13 heteroatoms. The Bertz CT molecular complexity index is 1780.